The molecule has 5 nitrogen and oxygen atoms in total. The fourth-order valence-electron chi connectivity index (χ4n) is 6.89. The van der Waals surface area contributed by atoms with Gasteiger partial charge in [-0.15, -0.1) is 0 Å². The van der Waals surface area contributed by atoms with Gasteiger partial charge in [0, 0.05) is 29.4 Å². The van der Waals surface area contributed by atoms with E-state index in [1.165, 1.54) is 37.4 Å². The Morgan fingerprint density at radius 2 is 1.55 bits per heavy atom. The highest BCUT2D eigenvalue weighted by atomic mass is 19.4. The van der Waals surface area contributed by atoms with Crippen molar-refractivity contribution < 1.29 is 40.7 Å². The lowest BCUT2D eigenvalue weighted by molar-refractivity contribution is -0.182. The summed E-state index contributed by atoms with van der Waals surface area (Å²) in [5, 5.41) is 3.02. The quantitative estimate of drug-likeness (QED) is 0.309. The molecule has 2 atom stereocenters. The van der Waals surface area contributed by atoms with Gasteiger partial charge in [0.2, 0.25) is 0 Å². The molecule has 40 heavy (non-hydrogen) atoms. The van der Waals surface area contributed by atoms with Crippen molar-refractivity contribution in [1.29, 1.82) is 0 Å². The van der Waals surface area contributed by atoms with Crippen molar-refractivity contribution in [2.45, 2.75) is 88.3 Å². The zero-order chi connectivity index (χ0) is 28.8. The summed E-state index contributed by atoms with van der Waals surface area (Å²) < 4.78 is 86.8. The van der Waals surface area contributed by atoms with E-state index in [9.17, 15) is 35.9 Å². The number of amides is 1. The number of anilines is 1. The van der Waals surface area contributed by atoms with Gasteiger partial charge in [0.05, 0.1) is 24.5 Å². The first kappa shape index (κ1) is 28.5. The molecule has 0 spiro atoms. The summed E-state index contributed by atoms with van der Waals surface area (Å²) >= 11 is 0. The zero-order valence-electron chi connectivity index (χ0n) is 22.1. The molecule has 5 rings (SSSR count). The minimum Gasteiger partial charge on any atom is -0.469 e. The molecule has 2 aromatic rings. The van der Waals surface area contributed by atoms with E-state index < -0.39 is 29.9 Å². The summed E-state index contributed by atoms with van der Waals surface area (Å²) in [5.41, 5.74) is -0.785. The Bertz CT molecular complexity index is 1250. The van der Waals surface area contributed by atoms with Gasteiger partial charge in [-0.1, -0.05) is 12.1 Å². The van der Waals surface area contributed by atoms with Crippen LogP contribution in [0.2, 0.25) is 0 Å². The maximum absolute atomic E-state index is 14.3. The molecule has 2 bridgehead atoms. The van der Waals surface area contributed by atoms with Crippen LogP contribution in [0.3, 0.4) is 0 Å². The number of nitrogens with zero attached hydrogens (tertiary/aromatic N) is 1. The molecule has 1 aliphatic carbocycles. The Morgan fingerprint density at radius 3 is 2.12 bits per heavy atom. The third-order valence-corrected chi connectivity index (χ3v) is 8.84. The molecule has 3 aliphatic rings. The first-order valence-electron chi connectivity index (χ1n) is 13.7. The molecule has 0 aromatic heterocycles. The Labute approximate surface area is 228 Å². The first-order chi connectivity index (χ1) is 18.9. The number of methoxy groups -OCH3 is 1. The van der Waals surface area contributed by atoms with Crippen molar-refractivity contribution in [2.24, 2.45) is 11.8 Å². The molecule has 2 saturated heterocycles. The average molecular weight is 571 g/mol. The van der Waals surface area contributed by atoms with Gasteiger partial charge >= 0.3 is 18.3 Å². The molecule has 1 N–H and O–H groups in total. The molecule has 2 heterocycles. The van der Waals surface area contributed by atoms with Gasteiger partial charge in [0.25, 0.3) is 5.91 Å². The van der Waals surface area contributed by atoms with Crippen LogP contribution in [-0.2, 0) is 15.7 Å². The molecular formula is C29H32F6N2O3. The number of hydrogen-bond acceptors (Lipinski definition) is 4. The van der Waals surface area contributed by atoms with E-state index >= 15 is 0 Å². The number of rotatable bonds is 4. The number of carbonyl (C=O) groups excluding carboxylic acids is 2. The Morgan fingerprint density at radius 1 is 0.900 bits per heavy atom. The molecule has 1 amide bonds. The topological polar surface area (TPSA) is 58.6 Å². The van der Waals surface area contributed by atoms with Crippen LogP contribution in [0, 0.1) is 11.8 Å². The van der Waals surface area contributed by atoms with Crippen molar-refractivity contribution in [3.05, 3.63) is 41.5 Å². The minimum absolute atomic E-state index is 0.0809. The van der Waals surface area contributed by atoms with E-state index in [4.69, 9.17) is 4.74 Å². The third-order valence-electron chi connectivity index (χ3n) is 8.84. The van der Waals surface area contributed by atoms with Crippen LogP contribution in [-0.4, -0.2) is 48.2 Å². The summed E-state index contributed by atoms with van der Waals surface area (Å²) in [6.07, 6.45) is -5.57. The van der Waals surface area contributed by atoms with Gasteiger partial charge < -0.3 is 15.0 Å². The van der Waals surface area contributed by atoms with Gasteiger partial charge in [-0.3, -0.25) is 9.59 Å². The third kappa shape index (κ3) is 5.61. The highest BCUT2D eigenvalue weighted by Gasteiger charge is 2.44. The molecule has 0 radical (unpaired) electrons. The molecular weight excluding hydrogens is 538 g/mol. The lowest BCUT2D eigenvalue weighted by Crippen LogP contribution is -2.55. The number of ether oxygens (including phenoxy) is 1. The monoisotopic (exact) mass is 570 g/mol. The number of alkyl halides is 6. The van der Waals surface area contributed by atoms with Crippen LogP contribution in [0.5, 0.6) is 0 Å². The number of piperidine rings is 2. The fraction of sp³-hybridized carbons (Fsp3) is 0.586. The standard InChI is InChI=1S/C29H32F6N2O3/c1-40-27(39)18-14-21-3-2-4-22(15-18)37(21)26(38)17-5-11-23-16(13-17)6-12-24(25(23)29(33,34)35)36-20-9-7-19(8-10-20)28(30,31)32/h5-6,11-13,18-22,36H,2-4,7-10,14-15H2,1H3/t18?,19-,20+,21?,22?. The lowest BCUT2D eigenvalue weighted by Gasteiger charge is -2.48. The Hall–Kier alpha value is -2.98. The van der Waals surface area contributed by atoms with Crippen LogP contribution in [0.4, 0.5) is 32.0 Å². The van der Waals surface area contributed by atoms with E-state index in [2.05, 4.69) is 5.32 Å². The van der Waals surface area contributed by atoms with Gasteiger partial charge in [-0.05, 0) is 86.8 Å². The predicted molar refractivity (Wildman–Crippen MR) is 137 cm³/mol. The number of fused-ring (bicyclic) bond motifs is 3. The van der Waals surface area contributed by atoms with E-state index in [-0.39, 0.29) is 77.6 Å². The average Bonchev–Trinajstić information content (AvgIpc) is 2.90. The number of nitrogens with one attached hydrogen (secondary N) is 1. The van der Waals surface area contributed by atoms with Gasteiger partial charge in [0.1, 0.15) is 0 Å². The van der Waals surface area contributed by atoms with Crippen molar-refractivity contribution in [3.8, 4) is 0 Å². The number of benzene rings is 2. The summed E-state index contributed by atoms with van der Waals surface area (Å²) in [6.45, 7) is 0. The van der Waals surface area contributed by atoms with Crippen molar-refractivity contribution in [3.63, 3.8) is 0 Å². The van der Waals surface area contributed by atoms with E-state index in [1.807, 2.05) is 0 Å². The zero-order valence-corrected chi connectivity index (χ0v) is 22.1. The van der Waals surface area contributed by atoms with Crippen LogP contribution in [0.15, 0.2) is 30.3 Å². The predicted octanol–water partition coefficient (Wildman–Crippen LogP) is 7.34. The van der Waals surface area contributed by atoms with Crippen LogP contribution in [0.25, 0.3) is 10.8 Å². The van der Waals surface area contributed by atoms with Crippen LogP contribution < -0.4 is 5.32 Å². The number of esters is 1. The molecule has 2 aromatic carbocycles. The molecule has 3 fully saturated rings. The number of carbonyl (C=O) groups is 2. The summed E-state index contributed by atoms with van der Waals surface area (Å²) in [6, 6.07) is 6.21. The molecule has 2 unspecified atom stereocenters. The summed E-state index contributed by atoms with van der Waals surface area (Å²) in [7, 11) is 1.35. The Kier molecular flexibility index (Phi) is 7.69. The molecule has 2 aliphatic heterocycles. The SMILES string of the molecule is COC(=O)C1CC2CCCC(C1)N2C(=O)c1ccc2c(C(F)(F)F)c(N[C@H]3CC[C@@H](C(F)(F)F)CC3)ccc2c1. The number of halogens is 6. The smallest absolute Gasteiger partial charge is 0.418 e. The largest absolute Gasteiger partial charge is 0.469 e. The second-order valence-electron chi connectivity index (χ2n) is 11.3. The highest BCUT2D eigenvalue weighted by molar-refractivity contribution is 6.01. The normalized spacial score (nSPS) is 27.4. The molecule has 11 heteroatoms. The van der Waals surface area contributed by atoms with Crippen molar-refractivity contribution in [2.75, 3.05) is 12.4 Å². The van der Waals surface area contributed by atoms with Crippen molar-refractivity contribution >= 4 is 28.3 Å². The van der Waals surface area contributed by atoms with Crippen LogP contribution >= 0.6 is 0 Å². The maximum atomic E-state index is 14.3. The van der Waals surface area contributed by atoms with Crippen LogP contribution in [0.1, 0.15) is 73.7 Å². The maximum Gasteiger partial charge on any atom is 0.418 e. The first-order valence-corrected chi connectivity index (χ1v) is 13.7. The van der Waals surface area contributed by atoms with Gasteiger partial charge in [-0.25, -0.2) is 0 Å². The second-order valence-corrected chi connectivity index (χ2v) is 11.3. The van der Waals surface area contributed by atoms with E-state index in [0.29, 0.717) is 12.8 Å². The van der Waals surface area contributed by atoms with Crippen molar-refractivity contribution in [1.82, 2.24) is 4.90 Å². The minimum atomic E-state index is -4.72. The van der Waals surface area contributed by atoms with E-state index in [1.54, 1.807) is 4.90 Å². The number of hydrogen-bond donors (Lipinski definition) is 1. The highest BCUT2D eigenvalue weighted by Crippen LogP contribution is 2.44. The molecule has 1 saturated carbocycles. The second kappa shape index (κ2) is 10.8. The molecule has 218 valence electrons. The van der Waals surface area contributed by atoms with E-state index in [0.717, 1.165) is 19.3 Å². The van der Waals surface area contributed by atoms with Gasteiger partial charge in [0.15, 0.2) is 0 Å². The summed E-state index contributed by atoms with van der Waals surface area (Å²) in [5.74, 6) is -2.25. The summed E-state index contributed by atoms with van der Waals surface area (Å²) in [4.78, 5) is 27.5. The fourth-order valence-corrected chi connectivity index (χ4v) is 6.89. The van der Waals surface area contributed by atoms with Gasteiger partial charge in [-0.2, -0.15) is 26.3 Å². The lowest BCUT2D eigenvalue weighted by atomic mass is 9.78. The Balaban J connectivity index is 1.39.